The summed E-state index contributed by atoms with van der Waals surface area (Å²) in [5.41, 5.74) is 5.84. The smallest absolute Gasteiger partial charge is 0.277 e. The molecule has 0 heterocycles. The predicted octanol–water partition coefficient (Wildman–Crippen LogP) is 3.42. The minimum Gasteiger partial charge on any atom is -0.483 e. The molecule has 1 N–H and O–H groups in total. The Morgan fingerprint density at radius 1 is 1.17 bits per heavy atom. The first kappa shape index (κ1) is 16.7. The quantitative estimate of drug-likeness (QED) is 0.629. The topological polar surface area (TPSA) is 50.7 Å². The minimum absolute atomic E-state index is 0.0414. The van der Waals surface area contributed by atoms with Crippen LogP contribution in [0, 0.1) is 13.8 Å². The maximum Gasteiger partial charge on any atom is 0.277 e. The molecule has 0 fully saturated rings. The summed E-state index contributed by atoms with van der Waals surface area (Å²) >= 11 is 0. The van der Waals surface area contributed by atoms with E-state index in [1.807, 2.05) is 50.2 Å². The lowest BCUT2D eigenvalue weighted by molar-refractivity contribution is -0.123. The number of ether oxygens (including phenoxy) is 1. The van der Waals surface area contributed by atoms with E-state index < -0.39 is 0 Å². The van der Waals surface area contributed by atoms with Crippen molar-refractivity contribution in [3.63, 3.8) is 0 Å². The molecule has 0 radical (unpaired) electrons. The lowest BCUT2D eigenvalue weighted by Crippen LogP contribution is -2.24. The van der Waals surface area contributed by atoms with Crippen molar-refractivity contribution >= 4 is 12.1 Å². The third-order valence-electron chi connectivity index (χ3n) is 3.39. The lowest BCUT2D eigenvalue weighted by atomic mass is 10.1. The van der Waals surface area contributed by atoms with Gasteiger partial charge in [0, 0.05) is 6.21 Å². The van der Waals surface area contributed by atoms with Gasteiger partial charge in [-0.3, -0.25) is 4.79 Å². The molecule has 0 bridgehead atoms. The zero-order valence-corrected chi connectivity index (χ0v) is 13.6. The molecule has 0 saturated carbocycles. The standard InChI is InChI=1S/C19H22N2O2/c1-15-10-11-16(2)18(13-15)23-14-19(22)21-20-12-6-9-17-7-4-3-5-8-17/h3-5,7-8,10-13H,6,9,14H2,1-2H3,(H,21,22)/b20-12-. The number of carbonyl (C=O) groups is 1. The van der Waals surface area contributed by atoms with Gasteiger partial charge in [-0.05, 0) is 49.4 Å². The molecular formula is C19H22N2O2. The molecule has 2 rings (SSSR count). The number of rotatable bonds is 7. The fourth-order valence-electron chi connectivity index (χ4n) is 2.10. The van der Waals surface area contributed by atoms with E-state index in [1.54, 1.807) is 6.21 Å². The number of hydrazone groups is 1. The molecule has 0 aliphatic carbocycles. The first-order valence-electron chi connectivity index (χ1n) is 7.69. The Morgan fingerprint density at radius 2 is 1.96 bits per heavy atom. The van der Waals surface area contributed by atoms with Crippen molar-refractivity contribution in [1.29, 1.82) is 0 Å². The van der Waals surface area contributed by atoms with Gasteiger partial charge < -0.3 is 4.74 Å². The van der Waals surface area contributed by atoms with Crippen LogP contribution in [0.2, 0.25) is 0 Å². The highest BCUT2D eigenvalue weighted by molar-refractivity contribution is 5.78. The number of carbonyl (C=O) groups excluding carboxylic acids is 1. The van der Waals surface area contributed by atoms with E-state index in [1.165, 1.54) is 5.56 Å². The van der Waals surface area contributed by atoms with E-state index in [-0.39, 0.29) is 12.5 Å². The van der Waals surface area contributed by atoms with Crippen molar-refractivity contribution in [2.45, 2.75) is 26.7 Å². The molecule has 0 aliphatic rings. The maximum absolute atomic E-state index is 11.7. The summed E-state index contributed by atoms with van der Waals surface area (Å²) in [5, 5.41) is 3.93. The van der Waals surface area contributed by atoms with E-state index in [2.05, 4.69) is 22.7 Å². The molecule has 1 amide bonds. The molecular weight excluding hydrogens is 288 g/mol. The summed E-state index contributed by atoms with van der Waals surface area (Å²) in [7, 11) is 0. The highest BCUT2D eigenvalue weighted by Crippen LogP contribution is 2.18. The Morgan fingerprint density at radius 3 is 2.74 bits per heavy atom. The molecule has 23 heavy (non-hydrogen) atoms. The zero-order valence-electron chi connectivity index (χ0n) is 13.6. The van der Waals surface area contributed by atoms with Crippen LogP contribution >= 0.6 is 0 Å². The van der Waals surface area contributed by atoms with Crippen molar-refractivity contribution in [2.24, 2.45) is 5.10 Å². The molecule has 0 aliphatic heterocycles. The molecule has 4 nitrogen and oxygen atoms in total. The van der Waals surface area contributed by atoms with Crippen molar-refractivity contribution in [1.82, 2.24) is 5.43 Å². The predicted molar refractivity (Wildman–Crippen MR) is 92.8 cm³/mol. The van der Waals surface area contributed by atoms with Crippen LogP contribution in [0.25, 0.3) is 0 Å². The summed E-state index contributed by atoms with van der Waals surface area (Å²) in [6, 6.07) is 16.1. The second kappa shape index (κ2) is 8.73. The summed E-state index contributed by atoms with van der Waals surface area (Å²) in [6.45, 7) is 3.90. The third-order valence-corrected chi connectivity index (χ3v) is 3.39. The van der Waals surface area contributed by atoms with Gasteiger partial charge in [0.05, 0.1) is 0 Å². The number of hydrogen-bond donors (Lipinski definition) is 1. The molecule has 4 heteroatoms. The van der Waals surface area contributed by atoms with Gasteiger partial charge in [-0.15, -0.1) is 0 Å². The molecule has 2 aromatic carbocycles. The van der Waals surface area contributed by atoms with E-state index in [4.69, 9.17) is 4.74 Å². The number of benzene rings is 2. The average molecular weight is 310 g/mol. The number of nitrogens with one attached hydrogen (secondary N) is 1. The van der Waals surface area contributed by atoms with Crippen molar-refractivity contribution < 1.29 is 9.53 Å². The van der Waals surface area contributed by atoms with Crippen LogP contribution in [0.5, 0.6) is 5.75 Å². The van der Waals surface area contributed by atoms with E-state index in [0.29, 0.717) is 0 Å². The van der Waals surface area contributed by atoms with Gasteiger partial charge in [-0.2, -0.15) is 5.10 Å². The summed E-state index contributed by atoms with van der Waals surface area (Å²) in [4.78, 5) is 11.7. The molecule has 0 unspecified atom stereocenters. The van der Waals surface area contributed by atoms with Gasteiger partial charge in [-0.1, -0.05) is 42.5 Å². The lowest BCUT2D eigenvalue weighted by Gasteiger charge is -2.08. The molecule has 120 valence electrons. The fraction of sp³-hybridized carbons (Fsp3) is 0.263. The van der Waals surface area contributed by atoms with Gasteiger partial charge >= 0.3 is 0 Å². The largest absolute Gasteiger partial charge is 0.483 e. The fourth-order valence-corrected chi connectivity index (χ4v) is 2.10. The summed E-state index contributed by atoms with van der Waals surface area (Å²) < 4.78 is 5.52. The maximum atomic E-state index is 11.7. The molecule has 0 saturated heterocycles. The highest BCUT2D eigenvalue weighted by Gasteiger charge is 2.04. The van der Waals surface area contributed by atoms with Crippen molar-refractivity contribution in [2.75, 3.05) is 6.61 Å². The summed E-state index contributed by atoms with van der Waals surface area (Å²) in [6.07, 6.45) is 3.39. The normalized spacial score (nSPS) is 10.7. The Hall–Kier alpha value is -2.62. The Bertz CT molecular complexity index is 666. The zero-order chi connectivity index (χ0) is 16.5. The Kier molecular flexibility index (Phi) is 6.36. The number of nitrogens with zero attached hydrogens (tertiary/aromatic N) is 1. The monoisotopic (exact) mass is 310 g/mol. The SMILES string of the molecule is Cc1ccc(C)c(OCC(=O)N/N=C\CCc2ccccc2)c1. The second-order valence-electron chi connectivity index (χ2n) is 5.43. The molecule has 0 aromatic heterocycles. The molecule has 0 atom stereocenters. The molecule has 0 spiro atoms. The van der Waals surface area contributed by atoms with Crippen molar-refractivity contribution in [3.05, 3.63) is 65.2 Å². The van der Waals surface area contributed by atoms with Crippen LogP contribution in [0.3, 0.4) is 0 Å². The third kappa shape index (κ3) is 5.94. The first-order valence-corrected chi connectivity index (χ1v) is 7.69. The van der Waals surface area contributed by atoms with Crippen LogP contribution < -0.4 is 10.2 Å². The van der Waals surface area contributed by atoms with Gasteiger partial charge in [-0.25, -0.2) is 5.43 Å². The van der Waals surface area contributed by atoms with Gasteiger partial charge in [0.25, 0.3) is 5.91 Å². The van der Waals surface area contributed by atoms with E-state index in [0.717, 1.165) is 29.7 Å². The van der Waals surface area contributed by atoms with Crippen LogP contribution in [-0.2, 0) is 11.2 Å². The minimum atomic E-state index is -0.262. The Balaban J connectivity index is 1.68. The van der Waals surface area contributed by atoms with Crippen LogP contribution in [0.4, 0.5) is 0 Å². The van der Waals surface area contributed by atoms with Crippen LogP contribution in [-0.4, -0.2) is 18.7 Å². The van der Waals surface area contributed by atoms with Gasteiger partial charge in [0.2, 0.25) is 0 Å². The van der Waals surface area contributed by atoms with E-state index >= 15 is 0 Å². The van der Waals surface area contributed by atoms with E-state index in [9.17, 15) is 4.79 Å². The second-order valence-corrected chi connectivity index (χ2v) is 5.43. The van der Waals surface area contributed by atoms with Crippen LogP contribution in [0.1, 0.15) is 23.1 Å². The number of aryl methyl sites for hydroxylation is 3. The van der Waals surface area contributed by atoms with Gasteiger partial charge in [0.15, 0.2) is 6.61 Å². The van der Waals surface area contributed by atoms with Crippen LogP contribution in [0.15, 0.2) is 53.6 Å². The summed E-state index contributed by atoms with van der Waals surface area (Å²) in [5.74, 6) is 0.468. The highest BCUT2D eigenvalue weighted by atomic mass is 16.5. The molecule has 2 aromatic rings. The Labute approximate surface area is 137 Å². The van der Waals surface area contributed by atoms with Gasteiger partial charge in [0.1, 0.15) is 5.75 Å². The average Bonchev–Trinajstić information content (AvgIpc) is 2.56. The number of amides is 1. The first-order chi connectivity index (χ1) is 11.1. The number of hydrogen-bond acceptors (Lipinski definition) is 3. The van der Waals surface area contributed by atoms with Crippen molar-refractivity contribution in [3.8, 4) is 5.75 Å².